The number of methoxy groups -OCH3 is 1. The summed E-state index contributed by atoms with van der Waals surface area (Å²) < 4.78 is 18.8. The van der Waals surface area contributed by atoms with E-state index < -0.39 is 5.92 Å². The van der Waals surface area contributed by atoms with Crippen molar-refractivity contribution in [3.63, 3.8) is 0 Å². The first-order valence-electron chi connectivity index (χ1n) is 9.87. The third-order valence-electron chi connectivity index (χ3n) is 5.34. The molecule has 2 amide bonds. The predicted molar refractivity (Wildman–Crippen MR) is 109 cm³/mol. The monoisotopic (exact) mass is 398 g/mol. The number of carbonyl (C=O) groups excluding carboxylic acids is 2. The third-order valence-corrected chi connectivity index (χ3v) is 5.34. The summed E-state index contributed by atoms with van der Waals surface area (Å²) in [6.07, 6.45) is 0.714. The third kappa shape index (κ3) is 5.21. The normalized spacial score (nSPS) is 18.7. The van der Waals surface area contributed by atoms with Crippen molar-refractivity contribution >= 4 is 11.8 Å². The Kier molecular flexibility index (Phi) is 6.99. The second kappa shape index (κ2) is 9.65. The van der Waals surface area contributed by atoms with Crippen molar-refractivity contribution in [1.82, 2.24) is 10.2 Å². The SMILES string of the molecule is COCCCNC(=O)C1CN(C(=O)c2ccc(C)cc2)CC1c1cccc(F)c1. The van der Waals surface area contributed by atoms with Crippen molar-refractivity contribution in [2.75, 3.05) is 33.4 Å². The Morgan fingerprint density at radius 1 is 1.17 bits per heavy atom. The van der Waals surface area contributed by atoms with E-state index in [1.54, 1.807) is 30.2 Å². The summed E-state index contributed by atoms with van der Waals surface area (Å²) in [7, 11) is 1.62. The smallest absolute Gasteiger partial charge is 0.253 e. The minimum atomic E-state index is -0.422. The molecule has 0 radical (unpaired) electrons. The highest BCUT2D eigenvalue weighted by Crippen LogP contribution is 2.34. The van der Waals surface area contributed by atoms with Crippen LogP contribution in [-0.4, -0.2) is 50.1 Å². The highest BCUT2D eigenvalue weighted by molar-refractivity contribution is 5.95. The van der Waals surface area contributed by atoms with Gasteiger partial charge in [-0.3, -0.25) is 9.59 Å². The maximum atomic E-state index is 13.8. The van der Waals surface area contributed by atoms with Crippen LogP contribution in [0.15, 0.2) is 48.5 Å². The lowest BCUT2D eigenvalue weighted by atomic mass is 9.88. The molecule has 29 heavy (non-hydrogen) atoms. The Hall–Kier alpha value is -2.73. The Labute approximate surface area is 170 Å². The van der Waals surface area contributed by atoms with Gasteiger partial charge in [0.05, 0.1) is 5.92 Å². The fourth-order valence-corrected chi connectivity index (χ4v) is 3.75. The summed E-state index contributed by atoms with van der Waals surface area (Å²) in [6.45, 7) is 3.73. The van der Waals surface area contributed by atoms with Crippen LogP contribution < -0.4 is 5.32 Å². The fraction of sp³-hybridized carbons (Fsp3) is 0.391. The van der Waals surface area contributed by atoms with Gasteiger partial charge in [0, 0.05) is 44.8 Å². The van der Waals surface area contributed by atoms with Gasteiger partial charge in [-0.15, -0.1) is 0 Å². The fourth-order valence-electron chi connectivity index (χ4n) is 3.75. The summed E-state index contributed by atoms with van der Waals surface area (Å²) in [5, 5.41) is 2.93. The molecule has 2 aromatic rings. The molecule has 1 heterocycles. The number of ether oxygens (including phenoxy) is 1. The van der Waals surface area contributed by atoms with E-state index >= 15 is 0 Å². The van der Waals surface area contributed by atoms with Gasteiger partial charge in [0.1, 0.15) is 5.82 Å². The zero-order chi connectivity index (χ0) is 20.8. The minimum absolute atomic E-state index is 0.110. The summed E-state index contributed by atoms with van der Waals surface area (Å²) in [6, 6.07) is 13.7. The molecule has 0 aliphatic carbocycles. The number of halogens is 1. The molecule has 1 N–H and O–H groups in total. The van der Waals surface area contributed by atoms with Crippen molar-refractivity contribution in [3.05, 3.63) is 71.0 Å². The topological polar surface area (TPSA) is 58.6 Å². The number of carbonyl (C=O) groups is 2. The zero-order valence-corrected chi connectivity index (χ0v) is 16.9. The van der Waals surface area contributed by atoms with Crippen LogP contribution in [-0.2, 0) is 9.53 Å². The van der Waals surface area contributed by atoms with Gasteiger partial charge >= 0.3 is 0 Å². The lowest BCUT2D eigenvalue weighted by Crippen LogP contribution is -2.36. The molecule has 2 unspecified atom stereocenters. The maximum Gasteiger partial charge on any atom is 0.253 e. The zero-order valence-electron chi connectivity index (χ0n) is 16.9. The van der Waals surface area contributed by atoms with Crippen LogP contribution in [0.25, 0.3) is 0 Å². The van der Waals surface area contributed by atoms with E-state index in [0.717, 1.165) is 11.1 Å². The van der Waals surface area contributed by atoms with Gasteiger partial charge in [-0.2, -0.15) is 0 Å². The van der Waals surface area contributed by atoms with Gasteiger partial charge in [-0.25, -0.2) is 4.39 Å². The van der Waals surface area contributed by atoms with Gasteiger partial charge < -0.3 is 15.0 Å². The summed E-state index contributed by atoms with van der Waals surface area (Å²) in [5.74, 6) is -1.24. The van der Waals surface area contributed by atoms with E-state index in [9.17, 15) is 14.0 Å². The number of benzene rings is 2. The highest BCUT2D eigenvalue weighted by atomic mass is 19.1. The van der Waals surface area contributed by atoms with E-state index in [-0.39, 0.29) is 23.5 Å². The van der Waals surface area contributed by atoms with Crippen molar-refractivity contribution in [1.29, 1.82) is 0 Å². The quantitative estimate of drug-likeness (QED) is 0.729. The predicted octanol–water partition coefficient (Wildman–Crippen LogP) is 3.14. The van der Waals surface area contributed by atoms with Crippen molar-refractivity contribution in [3.8, 4) is 0 Å². The average molecular weight is 398 g/mol. The van der Waals surface area contributed by atoms with Crippen LogP contribution in [0.2, 0.25) is 0 Å². The van der Waals surface area contributed by atoms with Gasteiger partial charge in [-0.05, 0) is 43.2 Å². The number of aryl methyl sites for hydroxylation is 1. The maximum absolute atomic E-state index is 13.8. The molecule has 0 saturated carbocycles. The number of hydrogen-bond acceptors (Lipinski definition) is 3. The lowest BCUT2D eigenvalue weighted by molar-refractivity contribution is -0.124. The average Bonchev–Trinajstić information content (AvgIpc) is 3.17. The van der Waals surface area contributed by atoms with Gasteiger partial charge in [0.2, 0.25) is 5.91 Å². The molecule has 2 aromatic carbocycles. The minimum Gasteiger partial charge on any atom is -0.385 e. The molecule has 0 bridgehead atoms. The Balaban J connectivity index is 1.78. The molecule has 154 valence electrons. The van der Waals surface area contributed by atoms with E-state index in [1.165, 1.54) is 12.1 Å². The molecule has 0 spiro atoms. The van der Waals surface area contributed by atoms with Gasteiger partial charge in [0.25, 0.3) is 5.91 Å². The van der Waals surface area contributed by atoms with Crippen LogP contribution in [0.4, 0.5) is 4.39 Å². The number of hydrogen-bond donors (Lipinski definition) is 1. The Morgan fingerprint density at radius 3 is 2.62 bits per heavy atom. The number of amides is 2. The molecule has 1 saturated heterocycles. The number of nitrogens with zero attached hydrogens (tertiary/aromatic N) is 1. The van der Waals surface area contributed by atoms with Crippen LogP contribution >= 0.6 is 0 Å². The Bertz CT molecular complexity index is 853. The summed E-state index contributed by atoms with van der Waals surface area (Å²) >= 11 is 0. The molecule has 0 aromatic heterocycles. The molecule has 2 atom stereocenters. The number of nitrogens with one attached hydrogen (secondary N) is 1. The molecule has 1 aliphatic heterocycles. The van der Waals surface area contributed by atoms with E-state index in [1.807, 2.05) is 25.1 Å². The number of rotatable bonds is 7. The highest BCUT2D eigenvalue weighted by Gasteiger charge is 2.40. The first-order chi connectivity index (χ1) is 14.0. The van der Waals surface area contributed by atoms with E-state index in [2.05, 4.69) is 5.32 Å². The molecule has 5 nitrogen and oxygen atoms in total. The van der Waals surface area contributed by atoms with Crippen LogP contribution in [0, 0.1) is 18.7 Å². The summed E-state index contributed by atoms with van der Waals surface area (Å²) in [4.78, 5) is 27.5. The molecular weight excluding hydrogens is 371 g/mol. The summed E-state index contributed by atoms with van der Waals surface area (Å²) in [5.41, 5.74) is 2.41. The van der Waals surface area contributed by atoms with Crippen molar-refractivity contribution in [2.45, 2.75) is 19.3 Å². The van der Waals surface area contributed by atoms with Crippen molar-refractivity contribution in [2.24, 2.45) is 5.92 Å². The first-order valence-corrected chi connectivity index (χ1v) is 9.87. The first kappa shape index (κ1) is 21.0. The molecule has 1 aliphatic rings. The second-order valence-corrected chi connectivity index (χ2v) is 7.48. The molecule has 6 heteroatoms. The van der Waals surface area contributed by atoms with Gasteiger partial charge in [-0.1, -0.05) is 29.8 Å². The van der Waals surface area contributed by atoms with Gasteiger partial charge in [0.15, 0.2) is 0 Å². The number of likely N-dealkylation sites (tertiary alicyclic amines) is 1. The van der Waals surface area contributed by atoms with Crippen LogP contribution in [0.5, 0.6) is 0 Å². The molecular formula is C23H27FN2O3. The van der Waals surface area contributed by atoms with Crippen LogP contribution in [0.3, 0.4) is 0 Å². The van der Waals surface area contributed by atoms with Crippen molar-refractivity contribution < 1.29 is 18.7 Å². The molecule has 3 rings (SSSR count). The largest absolute Gasteiger partial charge is 0.385 e. The second-order valence-electron chi connectivity index (χ2n) is 7.48. The van der Waals surface area contributed by atoms with E-state index in [0.29, 0.717) is 38.2 Å². The van der Waals surface area contributed by atoms with Crippen LogP contribution in [0.1, 0.15) is 33.8 Å². The lowest BCUT2D eigenvalue weighted by Gasteiger charge is -2.18. The van der Waals surface area contributed by atoms with E-state index in [4.69, 9.17) is 4.74 Å². The molecule has 1 fully saturated rings. The standard InChI is InChI=1S/C23H27FN2O3/c1-16-7-9-17(10-8-16)23(28)26-14-20(18-5-3-6-19(24)13-18)21(15-26)22(27)25-11-4-12-29-2/h3,5-10,13,20-21H,4,11-12,14-15H2,1-2H3,(H,25,27). The Morgan fingerprint density at radius 2 is 1.93 bits per heavy atom.